The highest BCUT2D eigenvalue weighted by molar-refractivity contribution is 5.97. The molecule has 3 aromatic heterocycles. The average molecular weight is 547 g/mol. The molecule has 1 fully saturated rings. The maximum Gasteiger partial charge on any atom is 0.253 e. The van der Waals surface area contributed by atoms with Gasteiger partial charge in [-0.05, 0) is 69.2 Å². The Morgan fingerprint density at radius 1 is 1.15 bits per heavy atom. The maximum atomic E-state index is 15.0. The fraction of sp³-hybridized carbons (Fsp3) is 0.355. The second-order valence-corrected chi connectivity index (χ2v) is 10.4. The molecule has 0 bridgehead atoms. The molecule has 1 atom stereocenters. The fourth-order valence-electron chi connectivity index (χ4n) is 5.63. The van der Waals surface area contributed by atoms with Crippen molar-refractivity contribution in [2.45, 2.75) is 40.3 Å². The third-order valence-electron chi connectivity index (χ3n) is 7.83. The van der Waals surface area contributed by atoms with Gasteiger partial charge >= 0.3 is 0 Å². The van der Waals surface area contributed by atoms with Crippen molar-refractivity contribution in [1.82, 2.24) is 19.6 Å². The minimum Gasteiger partial charge on any atom is -0.497 e. The van der Waals surface area contributed by atoms with Gasteiger partial charge in [0.25, 0.3) is 11.5 Å². The van der Waals surface area contributed by atoms with E-state index < -0.39 is 0 Å². The summed E-state index contributed by atoms with van der Waals surface area (Å²) < 4.78 is 27.8. The van der Waals surface area contributed by atoms with Gasteiger partial charge in [-0.25, -0.2) is 4.39 Å². The molecule has 1 aliphatic heterocycles. The number of pyridine rings is 2. The lowest BCUT2D eigenvalue weighted by atomic mass is 10.0. The first-order valence-electron chi connectivity index (χ1n) is 13.5. The predicted octanol–water partition coefficient (Wildman–Crippen LogP) is 4.69. The summed E-state index contributed by atoms with van der Waals surface area (Å²) in [7, 11) is 1.51. The van der Waals surface area contributed by atoms with E-state index in [1.54, 1.807) is 12.1 Å². The number of ether oxygens (including phenoxy) is 2. The van der Waals surface area contributed by atoms with Gasteiger partial charge in [0.2, 0.25) is 0 Å². The molecule has 1 aliphatic rings. The summed E-state index contributed by atoms with van der Waals surface area (Å²) in [5, 5.41) is 2.95. The van der Waals surface area contributed by atoms with Gasteiger partial charge < -0.3 is 24.2 Å². The number of aromatic amines is 1. The van der Waals surface area contributed by atoms with Gasteiger partial charge in [0.1, 0.15) is 11.6 Å². The van der Waals surface area contributed by atoms with E-state index in [0.717, 1.165) is 41.1 Å². The highest BCUT2D eigenvalue weighted by Crippen LogP contribution is 2.33. The number of carbonyl (C=O) groups is 1. The average Bonchev–Trinajstić information content (AvgIpc) is 3.35. The van der Waals surface area contributed by atoms with E-state index >= 15 is 4.39 Å². The van der Waals surface area contributed by atoms with Crippen molar-refractivity contribution in [1.29, 1.82) is 0 Å². The summed E-state index contributed by atoms with van der Waals surface area (Å²) in [6, 6.07) is 10.4. The number of methoxy groups -OCH3 is 1. The number of aryl methyl sites for hydroxylation is 2. The van der Waals surface area contributed by atoms with Crippen molar-refractivity contribution < 1.29 is 18.7 Å². The number of hydrogen-bond donors (Lipinski definition) is 2. The van der Waals surface area contributed by atoms with Crippen molar-refractivity contribution in [2.75, 3.05) is 33.4 Å². The zero-order valence-corrected chi connectivity index (χ0v) is 23.6. The number of H-pyrrole nitrogens is 1. The molecule has 1 amide bonds. The minimum atomic E-state index is -0.383. The molecular formula is C31H35FN4O4. The van der Waals surface area contributed by atoms with Crippen LogP contribution in [0.4, 0.5) is 4.39 Å². The van der Waals surface area contributed by atoms with E-state index in [1.165, 1.54) is 13.2 Å². The number of benzene rings is 1. The molecule has 0 radical (unpaired) electrons. The Morgan fingerprint density at radius 3 is 2.58 bits per heavy atom. The highest BCUT2D eigenvalue weighted by atomic mass is 19.1. The summed E-state index contributed by atoms with van der Waals surface area (Å²) >= 11 is 0. The van der Waals surface area contributed by atoms with Crippen molar-refractivity contribution in [2.24, 2.45) is 0 Å². The molecular weight excluding hydrogens is 511 g/mol. The predicted molar refractivity (Wildman–Crippen MR) is 153 cm³/mol. The number of halogens is 1. The quantitative estimate of drug-likeness (QED) is 0.351. The van der Waals surface area contributed by atoms with Gasteiger partial charge in [-0.1, -0.05) is 0 Å². The van der Waals surface area contributed by atoms with Gasteiger partial charge in [0.05, 0.1) is 20.3 Å². The third-order valence-corrected chi connectivity index (χ3v) is 7.83. The van der Waals surface area contributed by atoms with Crippen LogP contribution in [-0.2, 0) is 11.3 Å². The van der Waals surface area contributed by atoms with Crippen LogP contribution in [0, 0.1) is 26.6 Å². The minimum absolute atomic E-state index is 0.0256. The van der Waals surface area contributed by atoms with Gasteiger partial charge in [-0.2, -0.15) is 0 Å². The van der Waals surface area contributed by atoms with Gasteiger partial charge in [-0.15, -0.1) is 0 Å². The largest absolute Gasteiger partial charge is 0.497 e. The second-order valence-electron chi connectivity index (χ2n) is 10.4. The van der Waals surface area contributed by atoms with Crippen molar-refractivity contribution in [3.05, 3.63) is 92.4 Å². The third kappa shape index (κ3) is 5.26. The summed E-state index contributed by atoms with van der Waals surface area (Å²) in [6.07, 6.45) is 1.93. The number of aromatic nitrogens is 2. The smallest absolute Gasteiger partial charge is 0.253 e. The zero-order valence-electron chi connectivity index (χ0n) is 23.6. The normalized spacial score (nSPS) is 14.8. The number of amides is 1. The highest BCUT2D eigenvalue weighted by Gasteiger charge is 2.26. The number of nitrogens with one attached hydrogen (secondary N) is 2. The number of hydrogen-bond acceptors (Lipinski definition) is 5. The van der Waals surface area contributed by atoms with Crippen LogP contribution in [-0.4, -0.2) is 53.6 Å². The van der Waals surface area contributed by atoms with Crippen LogP contribution in [0.25, 0.3) is 16.6 Å². The number of nitrogens with zero attached hydrogens (tertiary/aromatic N) is 2. The van der Waals surface area contributed by atoms with Crippen molar-refractivity contribution in [3.63, 3.8) is 0 Å². The van der Waals surface area contributed by atoms with Crippen molar-refractivity contribution in [3.8, 4) is 16.9 Å². The molecule has 1 aromatic carbocycles. The Hall–Kier alpha value is -3.95. The molecule has 0 saturated carbocycles. The van der Waals surface area contributed by atoms with E-state index in [1.807, 2.05) is 45.2 Å². The molecule has 0 spiro atoms. The van der Waals surface area contributed by atoms with Crippen LogP contribution >= 0.6 is 0 Å². The standard InChI is InChI=1S/C31H35FN4O4/c1-18-12-19(2)34-31(38)27(18)16-33-30(37)26-14-23-13-22(25-7-6-24(39-5)15-28(25)32)17-36(23)29(20(26)3)21(4)35-8-10-40-11-9-35/h6-7,12-15,17,21H,8-11,16H2,1-5H3,(H,33,37)(H,34,38). The van der Waals surface area contributed by atoms with Crippen LogP contribution in [0.5, 0.6) is 5.75 Å². The topological polar surface area (TPSA) is 88.1 Å². The van der Waals surface area contributed by atoms with Gasteiger partial charge in [0, 0.05) is 77.1 Å². The molecule has 4 aromatic rings. The van der Waals surface area contributed by atoms with E-state index in [4.69, 9.17) is 9.47 Å². The first-order valence-corrected chi connectivity index (χ1v) is 13.5. The van der Waals surface area contributed by atoms with E-state index in [0.29, 0.717) is 41.2 Å². The Kier molecular flexibility index (Phi) is 7.78. The lowest BCUT2D eigenvalue weighted by Gasteiger charge is -2.34. The van der Waals surface area contributed by atoms with Gasteiger partial charge in [0.15, 0.2) is 0 Å². The van der Waals surface area contributed by atoms with Crippen LogP contribution in [0.15, 0.2) is 47.4 Å². The van der Waals surface area contributed by atoms with Crippen LogP contribution in [0.2, 0.25) is 0 Å². The van der Waals surface area contributed by atoms with Crippen molar-refractivity contribution >= 4 is 11.4 Å². The summed E-state index contributed by atoms with van der Waals surface area (Å²) in [4.78, 5) is 31.2. The first-order chi connectivity index (χ1) is 19.2. The number of rotatable bonds is 7. The molecule has 1 unspecified atom stereocenters. The molecule has 0 aliphatic carbocycles. The molecule has 4 heterocycles. The Bertz CT molecular complexity index is 1630. The molecule has 210 valence electrons. The SMILES string of the molecule is COc1ccc(-c2cc3cc(C(=O)NCc4c(C)cc(C)[nH]c4=O)c(C)c(C(C)N4CCOCC4)n3c2)c(F)c1. The van der Waals surface area contributed by atoms with Crippen LogP contribution < -0.4 is 15.6 Å². The van der Waals surface area contributed by atoms with E-state index in [9.17, 15) is 9.59 Å². The van der Waals surface area contributed by atoms with E-state index in [2.05, 4.69) is 26.5 Å². The Labute approximate surface area is 232 Å². The Morgan fingerprint density at radius 2 is 1.90 bits per heavy atom. The first kappa shape index (κ1) is 27.6. The zero-order chi connectivity index (χ0) is 28.6. The summed E-state index contributed by atoms with van der Waals surface area (Å²) in [5.74, 6) is -0.205. The summed E-state index contributed by atoms with van der Waals surface area (Å²) in [6.45, 7) is 10.7. The maximum absolute atomic E-state index is 15.0. The van der Waals surface area contributed by atoms with E-state index in [-0.39, 0.29) is 29.9 Å². The summed E-state index contributed by atoms with van der Waals surface area (Å²) in [5.41, 5.74) is 6.16. The number of morpholine rings is 1. The van der Waals surface area contributed by atoms with Gasteiger partial charge in [-0.3, -0.25) is 14.5 Å². The molecule has 40 heavy (non-hydrogen) atoms. The fourth-order valence-corrected chi connectivity index (χ4v) is 5.63. The lowest BCUT2D eigenvalue weighted by Crippen LogP contribution is -2.39. The lowest BCUT2D eigenvalue weighted by molar-refractivity contribution is 0.0187. The monoisotopic (exact) mass is 546 g/mol. The molecule has 5 rings (SSSR count). The molecule has 2 N–H and O–H groups in total. The molecule has 1 saturated heterocycles. The Balaban J connectivity index is 1.58. The second kappa shape index (κ2) is 11.3. The molecule has 8 nitrogen and oxygen atoms in total. The van der Waals surface area contributed by atoms with Crippen LogP contribution in [0.1, 0.15) is 51.4 Å². The van der Waals surface area contributed by atoms with Crippen LogP contribution in [0.3, 0.4) is 0 Å². The number of fused-ring (bicyclic) bond motifs is 1. The molecule has 9 heteroatoms. The number of carbonyl (C=O) groups excluding carboxylic acids is 1.